The van der Waals surface area contributed by atoms with E-state index in [2.05, 4.69) is 10.3 Å². The maximum Gasteiger partial charge on any atom is 0.416 e. The van der Waals surface area contributed by atoms with Gasteiger partial charge in [-0.05, 0) is 29.7 Å². The van der Waals surface area contributed by atoms with Crippen LogP contribution in [0, 0.1) is 0 Å². The van der Waals surface area contributed by atoms with Gasteiger partial charge in [-0.2, -0.15) is 13.2 Å². The summed E-state index contributed by atoms with van der Waals surface area (Å²) in [5.41, 5.74) is 1.33. The van der Waals surface area contributed by atoms with Gasteiger partial charge in [-0.15, -0.1) is 12.4 Å². The minimum atomic E-state index is -4.37. The molecule has 0 bridgehead atoms. The fourth-order valence-corrected chi connectivity index (χ4v) is 2.77. The van der Waals surface area contributed by atoms with Crippen molar-refractivity contribution in [2.75, 3.05) is 5.32 Å². The van der Waals surface area contributed by atoms with Crippen molar-refractivity contribution in [1.82, 2.24) is 0 Å². The second-order valence-corrected chi connectivity index (χ2v) is 5.34. The first-order valence-corrected chi connectivity index (χ1v) is 7.07. The fourth-order valence-electron chi connectivity index (χ4n) is 2.77. The lowest BCUT2D eigenvalue weighted by Crippen LogP contribution is -2.17. The molecule has 0 fully saturated rings. The highest BCUT2D eigenvalue weighted by Crippen LogP contribution is 2.37. The Morgan fingerprint density at radius 3 is 2.33 bits per heavy atom. The fraction of sp³-hybridized carbons (Fsp3) is 0.0556. The molecule has 3 aromatic rings. The van der Waals surface area contributed by atoms with Crippen LogP contribution in [-0.2, 0) is 6.18 Å². The molecule has 0 aromatic heterocycles. The van der Waals surface area contributed by atoms with Gasteiger partial charge in [-0.25, -0.2) is 4.99 Å². The third kappa shape index (κ3) is 2.71. The Hall–Kier alpha value is -2.53. The van der Waals surface area contributed by atoms with Crippen LogP contribution in [0.2, 0.25) is 0 Å². The maximum absolute atomic E-state index is 12.9. The predicted molar refractivity (Wildman–Crippen MR) is 92.5 cm³/mol. The molecule has 0 saturated carbocycles. The highest BCUT2D eigenvalue weighted by molar-refractivity contribution is 6.19. The minimum Gasteiger partial charge on any atom is -0.339 e. The molecule has 6 heteroatoms. The van der Waals surface area contributed by atoms with Crippen LogP contribution in [0.4, 0.5) is 24.5 Å². The second kappa shape index (κ2) is 5.83. The number of hydrogen-bond donors (Lipinski definition) is 1. The lowest BCUT2D eigenvalue weighted by molar-refractivity contribution is -0.137. The molecule has 0 saturated heterocycles. The number of rotatable bonds is 1. The summed E-state index contributed by atoms with van der Waals surface area (Å²) in [6.45, 7) is 0. The smallest absolute Gasteiger partial charge is 0.339 e. The molecule has 0 unspecified atom stereocenters. The van der Waals surface area contributed by atoms with Crippen LogP contribution in [0.5, 0.6) is 0 Å². The van der Waals surface area contributed by atoms with Crippen molar-refractivity contribution < 1.29 is 13.2 Å². The Morgan fingerprint density at radius 1 is 0.875 bits per heavy atom. The molecular formula is C18H12ClF3N2. The van der Waals surface area contributed by atoms with Crippen molar-refractivity contribution in [3.63, 3.8) is 0 Å². The Kier molecular flexibility index (Phi) is 3.97. The van der Waals surface area contributed by atoms with E-state index in [-0.39, 0.29) is 12.4 Å². The van der Waals surface area contributed by atoms with E-state index in [1.54, 1.807) is 6.07 Å². The number of nitrogens with one attached hydrogen (secondary N) is 1. The van der Waals surface area contributed by atoms with Gasteiger partial charge in [0.15, 0.2) is 0 Å². The van der Waals surface area contributed by atoms with Crippen LogP contribution < -0.4 is 5.32 Å². The summed E-state index contributed by atoms with van der Waals surface area (Å²) >= 11 is 0. The summed E-state index contributed by atoms with van der Waals surface area (Å²) < 4.78 is 38.7. The average molecular weight is 349 g/mol. The molecule has 1 heterocycles. The van der Waals surface area contributed by atoms with Gasteiger partial charge in [0.1, 0.15) is 5.84 Å². The van der Waals surface area contributed by atoms with Crippen molar-refractivity contribution in [3.05, 3.63) is 71.8 Å². The molecule has 0 aliphatic carbocycles. The number of benzene rings is 3. The molecule has 1 N–H and O–H groups in total. The Balaban J connectivity index is 0.00000169. The van der Waals surface area contributed by atoms with Crippen molar-refractivity contribution in [2.24, 2.45) is 4.99 Å². The monoisotopic (exact) mass is 348 g/mol. The van der Waals surface area contributed by atoms with Gasteiger partial charge >= 0.3 is 6.18 Å². The zero-order chi connectivity index (χ0) is 16.0. The largest absolute Gasteiger partial charge is 0.416 e. The minimum absolute atomic E-state index is 0. The van der Waals surface area contributed by atoms with Gasteiger partial charge in [-0.3, -0.25) is 0 Å². The first-order chi connectivity index (χ1) is 11.0. The normalized spacial score (nSPS) is 13.0. The van der Waals surface area contributed by atoms with Crippen LogP contribution in [-0.4, -0.2) is 5.84 Å². The molecule has 122 valence electrons. The van der Waals surface area contributed by atoms with E-state index < -0.39 is 11.7 Å². The summed E-state index contributed by atoms with van der Waals surface area (Å²) in [6.07, 6.45) is -4.37. The summed E-state index contributed by atoms with van der Waals surface area (Å²) in [6, 6.07) is 16.7. The molecule has 1 aliphatic heterocycles. The van der Waals surface area contributed by atoms with E-state index in [0.717, 1.165) is 34.3 Å². The second-order valence-electron chi connectivity index (χ2n) is 5.34. The van der Waals surface area contributed by atoms with Gasteiger partial charge in [0.25, 0.3) is 0 Å². The van der Waals surface area contributed by atoms with E-state index in [4.69, 9.17) is 0 Å². The van der Waals surface area contributed by atoms with Crippen LogP contribution in [0.15, 0.2) is 65.7 Å². The standard InChI is InChI=1S/C18H11F3N2.ClH/c19-18(20,21)13-7-1-6-12(10-13)17-22-14-8-2-4-11-5-3-9-15(23-17)16(11)14;/h1-10H,(H,22,23);1H. The summed E-state index contributed by atoms with van der Waals surface area (Å²) in [7, 11) is 0. The van der Waals surface area contributed by atoms with Gasteiger partial charge in [0.05, 0.1) is 11.3 Å². The van der Waals surface area contributed by atoms with Crippen molar-refractivity contribution >= 4 is 40.4 Å². The highest BCUT2D eigenvalue weighted by Gasteiger charge is 2.31. The van der Waals surface area contributed by atoms with Gasteiger partial charge in [0, 0.05) is 16.6 Å². The summed E-state index contributed by atoms with van der Waals surface area (Å²) in [5, 5.41) is 5.16. The summed E-state index contributed by atoms with van der Waals surface area (Å²) in [5.74, 6) is 0.419. The first-order valence-electron chi connectivity index (χ1n) is 7.07. The van der Waals surface area contributed by atoms with E-state index in [9.17, 15) is 13.2 Å². The number of alkyl halides is 3. The third-order valence-electron chi connectivity index (χ3n) is 3.83. The van der Waals surface area contributed by atoms with Gasteiger partial charge < -0.3 is 5.32 Å². The molecule has 0 spiro atoms. The first kappa shape index (κ1) is 16.3. The zero-order valence-electron chi connectivity index (χ0n) is 12.3. The zero-order valence-corrected chi connectivity index (χ0v) is 13.1. The quantitative estimate of drug-likeness (QED) is 0.592. The molecule has 3 aromatic carbocycles. The highest BCUT2D eigenvalue weighted by atomic mass is 35.5. The third-order valence-corrected chi connectivity index (χ3v) is 3.83. The van der Waals surface area contributed by atoms with E-state index in [1.165, 1.54) is 6.07 Å². The van der Waals surface area contributed by atoms with Gasteiger partial charge in [-0.1, -0.05) is 36.4 Å². The Morgan fingerprint density at radius 2 is 1.58 bits per heavy atom. The lowest BCUT2D eigenvalue weighted by Gasteiger charge is -2.19. The molecule has 4 rings (SSSR count). The van der Waals surface area contributed by atoms with E-state index in [0.29, 0.717) is 11.4 Å². The number of amidine groups is 1. The predicted octanol–water partition coefficient (Wildman–Crippen LogP) is 5.78. The topological polar surface area (TPSA) is 24.4 Å². The van der Waals surface area contributed by atoms with Gasteiger partial charge in [0.2, 0.25) is 0 Å². The molecule has 0 radical (unpaired) electrons. The molecule has 0 atom stereocenters. The molecule has 2 nitrogen and oxygen atoms in total. The maximum atomic E-state index is 12.9. The van der Waals surface area contributed by atoms with Crippen molar-refractivity contribution in [1.29, 1.82) is 0 Å². The molecule has 1 aliphatic rings. The average Bonchev–Trinajstić information content (AvgIpc) is 2.55. The van der Waals surface area contributed by atoms with Crippen molar-refractivity contribution in [3.8, 4) is 0 Å². The number of nitrogens with zero attached hydrogens (tertiary/aromatic N) is 1. The van der Waals surface area contributed by atoms with Crippen LogP contribution in [0.25, 0.3) is 10.8 Å². The lowest BCUT2D eigenvalue weighted by atomic mass is 10.0. The number of aliphatic imine (C=N–C) groups is 1. The van der Waals surface area contributed by atoms with Crippen molar-refractivity contribution in [2.45, 2.75) is 6.18 Å². The van der Waals surface area contributed by atoms with E-state index >= 15 is 0 Å². The van der Waals surface area contributed by atoms with Crippen LogP contribution in [0.3, 0.4) is 0 Å². The summed E-state index contributed by atoms with van der Waals surface area (Å²) in [4.78, 5) is 4.50. The van der Waals surface area contributed by atoms with E-state index in [1.807, 2.05) is 36.4 Å². The number of hydrogen-bond acceptors (Lipinski definition) is 2. The number of anilines is 1. The SMILES string of the molecule is Cl.FC(F)(F)c1cccc(C2=Nc3cccc4cccc(c34)N2)c1. The molecule has 24 heavy (non-hydrogen) atoms. The van der Waals surface area contributed by atoms with Crippen LogP contribution in [0.1, 0.15) is 11.1 Å². The molecule has 0 amide bonds. The Labute approximate surface area is 142 Å². The Bertz CT molecular complexity index is 943. The molecular weight excluding hydrogens is 337 g/mol. The number of halogens is 4. The van der Waals surface area contributed by atoms with Crippen LogP contribution >= 0.6 is 12.4 Å².